The molecule has 2 aromatic rings. The molecule has 0 aliphatic heterocycles. The molecule has 0 spiro atoms. The second kappa shape index (κ2) is 5.98. The van der Waals surface area contributed by atoms with Crippen molar-refractivity contribution in [2.45, 2.75) is 20.4 Å². The molecule has 0 aliphatic rings. The van der Waals surface area contributed by atoms with Gasteiger partial charge in [-0.05, 0) is 36.7 Å². The third-order valence-electron chi connectivity index (χ3n) is 2.53. The van der Waals surface area contributed by atoms with E-state index in [1.54, 1.807) is 6.33 Å². The molecule has 0 fully saturated rings. The number of nitrogens with zero attached hydrogens (tertiary/aromatic N) is 3. The molecule has 1 aromatic carbocycles. The first-order chi connectivity index (χ1) is 8.66. The molecule has 0 atom stereocenters. The zero-order valence-electron chi connectivity index (χ0n) is 10.6. The zero-order chi connectivity index (χ0) is 13.0. The summed E-state index contributed by atoms with van der Waals surface area (Å²) < 4.78 is 1.82. The van der Waals surface area contributed by atoms with Crippen molar-refractivity contribution in [2.24, 2.45) is 5.92 Å². The monoisotopic (exact) mass is 264 g/mol. The molecular weight excluding hydrogens is 248 g/mol. The average molecular weight is 265 g/mol. The minimum absolute atomic E-state index is 0.622. The van der Waals surface area contributed by atoms with Crippen LogP contribution in [0.2, 0.25) is 5.02 Å². The van der Waals surface area contributed by atoms with E-state index < -0.39 is 0 Å². The number of hydrogen-bond donors (Lipinski definition) is 1. The molecule has 1 aromatic heterocycles. The third-order valence-corrected chi connectivity index (χ3v) is 2.78. The summed E-state index contributed by atoms with van der Waals surface area (Å²) in [5.74, 6) is 1.52. The topological polar surface area (TPSA) is 42.7 Å². The zero-order valence-corrected chi connectivity index (χ0v) is 11.4. The third kappa shape index (κ3) is 3.31. The van der Waals surface area contributed by atoms with E-state index in [9.17, 15) is 0 Å². The summed E-state index contributed by atoms with van der Waals surface area (Å²) in [6, 6.07) is 7.57. The van der Waals surface area contributed by atoms with Crippen LogP contribution in [0.5, 0.6) is 0 Å². The van der Waals surface area contributed by atoms with Gasteiger partial charge in [0.2, 0.25) is 0 Å². The van der Waals surface area contributed by atoms with Crippen LogP contribution < -0.4 is 5.32 Å². The highest BCUT2D eigenvalue weighted by Gasteiger charge is 2.06. The molecule has 0 amide bonds. The van der Waals surface area contributed by atoms with Crippen LogP contribution in [0.15, 0.2) is 30.6 Å². The molecular formula is C13H17ClN4. The van der Waals surface area contributed by atoms with Crippen molar-refractivity contribution in [3.05, 3.63) is 41.4 Å². The first-order valence-corrected chi connectivity index (χ1v) is 6.40. The van der Waals surface area contributed by atoms with E-state index in [-0.39, 0.29) is 0 Å². The molecule has 2 rings (SSSR count). The quantitative estimate of drug-likeness (QED) is 0.903. The van der Waals surface area contributed by atoms with E-state index >= 15 is 0 Å². The summed E-state index contributed by atoms with van der Waals surface area (Å²) in [7, 11) is 0. The minimum Gasteiger partial charge on any atom is -0.310 e. The first-order valence-electron chi connectivity index (χ1n) is 6.02. The summed E-state index contributed by atoms with van der Waals surface area (Å²) in [5, 5.41) is 8.32. The Bertz CT molecular complexity index is 490. The molecule has 0 unspecified atom stereocenters. The molecule has 1 N–H and O–H groups in total. The summed E-state index contributed by atoms with van der Waals surface area (Å²) >= 11 is 5.87. The Hall–Kier alpha value is -1.39. The van der Waals surface area contributed by atoms with Gasteiger partial charge in [0, 0.05) is 5.02 Å². The highest BCUT2D eigenvalue weighted by molar-refractivity contribution is 6.30. The average Bonchev–Trinajstić information content (AvgIpc) is 2.78. The van der Waals surface area contributed by atoms with E-state index in [0.717, 1.165) is 23.1 Å². The number of halogens is 1. The van der Waals surface area contributed by atoms with Gasteiger partial charge in [-0.15, -0.1) is 0 Å². The van der Waals surface area contributed by atoms with Gasteiger partial charge in [0.15, 0.2) is 0 Å². The van der Waals surface area contributed by atoms with Crippen LogP contribution in [-0.2, 0) is 6.54 Å². The summed E-state index contributed by atoms with van der Waals surface area (Å²) in [6.07, 6.45) is 1.57. The largest absolute Gasteiger partial charge is 0.310 e. The molecule has 4 nitrogen and oxygen atoms in total. The Labute approximate surface area is 112 Å². The fourth-order valence-electron chi connectivity index (χ4n) is 1.66. The van der Waals surface area contributed by atoms with Gasteiger partial charge in [-0.2, -0.15) is 5.10 Å². The molecule has 1 heterocycles. The standard InChI is InChI=1S/C13H17ClN4/c1-10(2)7-15-8-13-16-9-17-18(13)12-5-3-11(14)4-6-12/h3-6,9-10,15H,7-8H2,1-2H3. The van der Waals surface area contributed by atoms with Gasteiger partial charge >= 0.3 is 0 Å². The fourth-order valence-corrected chi connectivity index (χ4v) is 1.78. The molecule has 0 bridgehead atoms. The van der Waals surface area contributed by atoms with Crippen molar-refractivity contribution < 1.29 is 0 Å². The molecule has 0 saturated heterocycles. The van der Waals surface area contributed by atoms with Crippen molar-refractivity contribution in [3.8, 4) is 5.69 Å². The van der Waals surface area contributed by atoms with E-state index in [1.807, 2.05) is 28.9 Å². The molecule has 5 heteroatoms. The molecule has 96 valence electrons. The van der Waals surface area contributed by atoms with Crippen LogP contribution in [0.4, 0.5) is 0 Å². The minimum atomic E-state index is 0.622. The van der Waals surface area contributed by atoms with Crippen molar-refractivity contribution >= 4 is 11.6 Å². The molecule has 0 aliphatic carbocycles. The van der Waals surface area contributed by atoms with Crippen LogP contribution in [0, 0.1) is 5.92 Å². The first kappa shape index (κ1) is 13.1. The van der Waals surface area contributed by atoms with E-state index in [0.29, 0.717) is 12.5 Å². The van der Waals surface area contributed by atoms with E-state index in [1.165, 1.54) is 0 Å². The van der Waals surface area contributed by atoms with Crippen LogP contribution in [0.3, 0.4) is 0 Å². The number of rotatable bonds is 5. The molecule has 0 radical (unpaired) electrons. The number of aromatic nitrogens is 3. The lowest BCUT2D eigenvalue weighted by molar-refractivity contribution is 0.538. The number of benzene rings is 1. The normalized spacial score (nSPS) is 11.1. The smallest absolute Gasteiger partial charge is 0.146 e. The Balaban J connectivity index is 2.10. The van der Waals surface area contributed by atoms with Crippen LogP contribution in [0.25, 0.3) is 5.69 Å². The Morgan fingerprint density at radius 3 is 2.67 bits per heavy atom. The van der Waals surface area contributed by atoms with Gasteiger partial charge in [-0.25, -0.2) is 9.67 Å². The van der Waals surface area contributed by atoms with Crippen molar-refractivity contribution in [1.29, 1.82) is 0 Å². The predicted molar refractivity (Wildman–Crippen MR) is 72.9 cm³/mol. The summed E-state index contributed by atoms with van der Waals surface area (Å²) in [6.45, 7) is 6.03. The lowest BCUT2D eigenvalue weighted by Gasteiger charge is -2.08. The van der Waals surface area contributed by atoms with Gasteiger partial charge in [0.1, 0.15) is 12.2 Å². The van der Waals surface area contributed by atoms with E-state index in [2.05, 4.69) is 29.2 Å². The Morgan fingerprint density at radius 2 is 2.00 bits per heavy atom. The van der Waals surface area contributed by atoms with Gasteiger partial charge in [-0.3, -0.25) is 0 Å². The Kier molecular flexibility index (Phi) is 4.33. The van der Waals surface area contributed by atoms with Crippen LogP contribution in [-0.4, -0.2) is 21.3 Å². The van der Waals surface area contributed by atoms with Gasteiger partial charge < -0.3 is 5.32 Å². The van der Waals surface area contributed by atoms with Gasteiger partial charge in [0.25, 0.3) is 0 Å². The number of nitrogens with one attached hydrogen (secondary N) is 1. The van der Waals surface area contributed by atoms with Crippen molar-refractivity contribution in [2.75, 3.05) is 6.54 Å². The van der Waals surface area contributed by atoms with Gasteiger partial charge in [0.05, 0.1) is 12.2 Å². The van der Waals surface area contributed by atoms with Gasteiger partial charge in [-0.1, -0.05) is 25.4 Å². The Morgan fingerprint density at radius 1 is 1.28 bits per heavy atom. The fraction of sp³-hybridized carbons (Fsp3) is 0.385. The van der Waals surface area contributed by atoms with Crippen LogP contribution in [0.1, 0.15) is 19.7 Å². The maximum absolute atomic E-state index is 5.87. The lowest BCUT2D eigenvalue weighted by Crippen LogP contribution is -2.21. The molecule has 18 heavy (non-hydrogen) atoms. The SMILES string of the molecule is CC(C)CNCc1ncnn1-c1ccc(Cl)cc1. The summed E-state index contributed by atoms with van der Waals surface area (Å²) in [4.78, 5) is 4.27. The second-order valence-electron chi connectivity index (χ2n) is 4.59. The highest BCUT2D eigenvalue weighted by atomic mass is 35.5. The molecule has 0 saturated carbocycles. The predicted octanol–water partition coefficient (Wildman–Crippen LogP) is 2.67. The maximum Gasteiger partial charge on any atom is 0.146 e. The lowest BCUT2D eigenvalue weighted by atomic mass is 10.2. The van der Waals surface area contributed by atoms with Crippen molar-refractivity contribution in [1.82, 2.24) is 20.1 Å². The second-order valence-corrected chi connectivity index (χ2v) is 5.03. The summed E-state index contributed by atoms with van der Waals surface area (Å²) in [5.41, 5.74) is 0.971. The van der Waals surface area contributed by atoms with Crippen molar-refractivity contribution in [3.63, 3.8) is 0 Å². The van der Waals surface area contributed by atoms with E-state index in [4.69, 9.17) is 11.6 Å². The highest BCUT2D eigenvalue weighted by Crippen LogP contribution is 2.13. The maximum atomic E-state index is 5.87. The van der Waals surface area contributed by atoms with Crippen LogP contribution >= 0.6 is 11.6 Å². The number of hydrogen-bond acceptors (Lipinski definition) is 3.